The third-order valence-electron chi connectivity index (χ3n) is 3.84. The molecule has 0 aliphatic carbocycles. The van der Waals surface area contributed by atoms with Gasteiger partial charge in [-0.05, 0) is 19.8 Å². The summed E-state index contributed by atoms with van der Waals surface area (Å²) in [5, 5.41) is 4.85. The number of ether oxygens (including phenoxy) is 2. The van der Waals surface area contributed by atoms with Gasteiger partial charge in [-0.25, -0.2) is 18.0 Å². The van der Waals surface area contributed by atoms with E-state index in [-0.39, 0.29) is 37.6 Å². The van der Waals surface area contributed by atoms with Crippen molar-refractivity contribution < 1.29 is 32.3 Å². The standard InChI is InChI=1S/C14H21N3O7S/c1-3-23-12(18)9-7-15-14(20)16-10(9)8-24-13(19)11-5-4-6-17(11)25(2,21)22/h11H,3-8H2,1-2H3,(H2,15,16,20)/t11-/m0/s1. The van der Waals surface area contributed by atoms with Gasteiger partial charge < -0.3 is 20.1 Å². The number of esters is 2. The van der Waals surface area contributed by atoms with Crippen molar-refractivity contribution in [1.82, 2.24) is 14.9 Å². The fourth-order valence-electron chi connectivity index (χ4n) is 2.68. The lowest BCUT2D eigenvalue weighted by Gasteiger charge is -2.23. The lowest BCUT2D eigenvalue weighted by Crippen LogP contribution is -2.46. The molecule has 0 unspecified atom stereocenters. The van der Waals surface area contributed by atoms with Crippen LogP contribution in [-0.2, 0) is 29.1 Å². The fourth-order valence-corrected chi connectivity index (χ4v) is 3.80. The number of urea groups is 1. The Hall–Kier alpha value is -2.14. The van der Waals surface area contributed by atoms with E-state index < -0.39 is 34.0 Å². The Kier molecular flexibility index (Phi) is 6.01. The third kappa shape index (κ3) is 4.69. The summed E-state index contributed by atoms with van der Waals surface area (Å²) in [6.45, 7) is 1.67. The summed E-state index contributed by atoms with van der Waals surface area (Å²) in [7, 11) is -3.51. The first-order valence-corrected chi connectivity index (χ1v) is 9.66. The SMILES string of the molecule is CCOC(=O)C1=C(COC(=O)[C@@H]2CCCN2S(C)(=O)=O)NC(=O)NC1. The molecule has 11 heteroatoms. The van der Waals surface area contributed by atoms with E-state index in [1.165, 1.54) is 0 Å². The van der Waals surface area contributed by atoms with Crippen LogP contribution >= 0.6 is 0 Å². The molecular weight excluding hydrogens is 354 g/mol. The first kappa shape index (κ1) is 19.2. The average Bonchev–Trinajstić information content (AvgIpc) is 3.02. The summed E-state index contributed by atoms with van der Waals surface area (Å²) in [5.74, 6) is -1.34. The second kappa shape index (κ2) is 7.83. The minimum atomic E-state index is -3.51. The summed E-state index contributed by atoms with van der Waals surface area (Å²) >= 11 is 0. The number of nitrogens with one attached hydrogen (secondary N) is 2. The van der Waals surface area contributed by atoms with E-state index in [9.17, 15) is 22.8 Å². The molecule has 0 aromatic rings. The second-order valence-corrected chi connectivity index (χ2v) is 7.56. The third-order valence-corrected chi connectivity index (χ3v) is 5.13. The summed E-state index contributed by atoms with van der Waals surface area (Å²) in [6.07, 6.45) is 1.96. The van der Waals surface area contributed by atoms with Crippen molar-refractivity contribution >= 4 is 28.0 Å². The number of rotatable bonds is 6. The van der Waals surface area contributed by atoms with Crippen LogP contribution in [0.5, 0.6) is 0 Å². The van der Waals surface area contributed by atoms with Crippen LogP contribution in [0.25, 0.3) is 0 Å². The number of nitrogens with zero attached hydrogens (tertiary/aromatic N) is 1. The number of hydrogen-bond donors (Lipinski definition) is 2. The molecule has 140 valence electrons. The monoisotopic (exact) mass is 375 g/mol. The van der Waals surface area contributed by atoms with Crippen LogP contribution in [0, 0.1) is 0 Å². The van der Waals surface area contributed by atoms with Crippen LogP contribution in [0.4, 0.5) is 4.79 Å². The Morgan fingerprint density at radius 2 is 2.04 bits per heavy atom. The largest absolute Gasteiger partial charge is 0.463 e. The quantitative estimate of drug-likeness (QED) is 0.574. The number of sulfonamides is 1. The normalized spacial score (nSPS) is 21.5. The molecule has 10 nitrogen and oxygen atoms in total. The maximum atomic E-state index is 12.2. The molecule has 1 saturated heterocycles. The van der Waals surface area contributed by atoms with Gasteiger partial charge in [0, 0.05) is 6.54 Å². The highest BCUT2D eigenvalue weighted by atomic mass is 32.2. The van der Waals surface area contributed by atoms with Crippen LogP contribution in [0.1, 0.15) is 19.8 Å². The van der Waals surface area contributed by atoms with Crippen LogP contribution in [0.15, 0.2) is 11.3 Å². The Labute approximate surface area is 145 Å². The predicted octanol–water partition coefficient (Wildman–Crippen LogP) is -0.916. The second-order valence-electron chi connectivity index (χ2n) is 5.62. The van der Waals surface area contributed by atoms with Gasteiger partial charge in [-0.1, -0.05) is 0 Å². The smallest absolute Gasteiger partial charge is 0.337 e. The fraction of sp³-hybridized carbons (Fsp3) is 0.643. The molecule has 25 heavy (non-hydrogen) atoms. The van der Waals surface area contributed by atoms with Gasteiger partial charge in [-0.15, -0.1) is 0 Å². The first-order chi connectivity index (χ1) is 11.7. The average molecular weight is 375 g/mol. The molecule has 0 spiro atoms. The minimum absolute atomic E-state index is 0.0452. The van der Waals surface area contributed by atoms with E-state index in [1.54, 1.807) is 6.92 Å². The van der Waals surface area contributed by atoms with Crippen LogP contribution in [0.2, 0.25) is 0 Å². The van der Waals surface area contributed by atoms with E-state index in [0.29, 0.717) is 12.8 Å². The van der Waals surface area contributed by atoms with Crippen molar-refractivity contribution in [3.8, 4) is 0 Å². The number of hydrogen-bond acceptors (Lipinski definition) is 7. The summed E-state index contributed by atoms with van der Waals surface area (Å²) in [5.41, 5.74) is 0.278. The van der Waals surface area contributed by atoms with Crippen molar-refractivity contribution in [2.75, 3.05) is 32.6 Å². The van der Waals surface area contributed by atoms with Gasteiger partial charge in [0.1, 0.15) is 12.6 Å². The zero-order valence-corrected chi connectivity index (χ0v) is 14.8. The molecular formula is C14H21N3O7S. The molecule has 0 aromatic heterocycles. The number of amides is 2. The van der Waals surface area contributed by atoms with E-state index in [2.05, 4.69) is 10.6 Å². The highest BCUT2D eigenvalue weighted by Crippen LogP contribution is 2.21. The van der Waals surface area contributed by atoms with Gasteiger partial charge >= 0.3 is 18.0 Å². The molecule has 2 N–H and O–H groups in total. The van der Waals surface area contributed by atoms with Crippen molar-refractivity contribution in [3.63, 3.8) is 0 Å². The van der Waals surface area contributed by atoms with Gasteiger partial charge in [0.2, 0.25) is 10.0 Å². The van der Waals surface area contributed by atoms with Gasteiger partial charge in [-0.3, -0.25) is 4.79 Å². The molecule has 0 aromatic carbocycles. The molecule has 0 radical (unpaired) electrons. The van der Waals surface area contributed by atoms with Gasteiger partial charge in [0.25, 0.3) is 0 Å². The van der Waals surface area contributed by atoms with Crippen molar-refractivity contribution in [1.29, 1.82) is 0 Å². The molecule has 1 fully saturated rings. The maximum Gasteiger partial charge on any atom is 0.337 e. The van der Waals surface area contributed by atoms with Gasteiger partial charge in [-0.2, -0.15) is 4.31 Å². The van der Waals surface area contributed by atoms with E-state index in [1.807, 2.05) is 0 Å². The van der Waals surface area contributed by atoms with Crippen LogP contribution in [-0.4, -0.2) is 69.3 Å². The topological polar surface area (TPSA) is 131 Å². The molecule has 2 aliphatic heterocycles. The predicted molar refractivity (Wildman–Crippen MR) is 85.7 cm³/mol. The van der Waals surface area contributed by atoms with E-state index in [0.717, 1.165) is 10.6 Å². The Morgan fingerprint density at radius 3 is 2.68 bits per heavy atom. The summed E-state index contributed by atoms with van der Waals surface area (Å²) < 4.78 is 34.5. The highest BCUT2D eigenvalue weighted by Gasteiger charge is 2.38. The van der Waals surface area contributed by atoms with Crippen LogP contribution in [0.3, 0.4) is 0 Å². The summed E-state index contributed by atoms with van der Waals surface area (Å²) in [6, 6.07) is -1.42. The van der Waals surface area contributed by atoms with Gasteiger partial charge in [0.05, 0.1) is 30.7 Å². The lowest BCUT2D eigenvalue weighted by atomic mass is 10.1. The Bertz CT molecular complexity index is 701. The first-order valence-electron chi connectivity index (χ1n) is 7.81. The molecule has 2 heterocycles. The van der Waals surface area contributed by atoms with Crippen LogP contribution < -0.4 is 10.6 Å². The van der Waals surface area contributed by atoms with Crippen molar-refractivity contribution in [3.05, 3.63) is 11.3 Å². The summed E-state index contributed by atoms with van der Waals surface area (Å²) in [4.78, 5) is 35.6. The lowest BCUT2D eigenvalue weighted by molar-refractivity contribution is -0.147. The van der Waals surface area contributed by atoms with Crippen molar-refractivity contribution in [2.24, 2.45) is 0 Å². The molecule has 0 bridgehead atoms. The zero-order valence-electron chi connectivity index (χ0n) is 14.0. The number of carbonyl (C=O) groups is 3. The number of carbonyl (C=O) groups excluding carboxylic acids is 3. The minimum Gasteiger partial charge on any atom is -0.463 e. The highest BCUT2D eigenvalue weighted by molar-refractivity contribution is 7.88. The molecule has 1 atom stereocenters. The maximum absolute atomic E-state index is 12.2. The molecule has 2 aliphatic rings. The van der Waals surface area contributed by atoms with Crippen molar-refractivity contribution in [2.45, 2.75) is 25.8 Å². The van der Waals surface area contributed by atoms with E-state index >= 15 is 0 Å². The Balaban J connectivity index is 2.08. The Morgan fingerprint density at radius 1 is 1.32 bits per heavy atom. The van der Waals surface area contributed by atoms with E-state index in [4.69, 9.17) is 9.47 Å². The van der Waals surface area contributed by atoms with Gasteiger partial charge in [0.15, 0.2) is 0 Å². The molecule has 2 amide bonds. The molecule has 0 saturated carbocycles. The molecule has 2 rings (SSSR count). The zero-order chi connectivity index (χ0) is 18.6.